The standard InChI is InChI=1S/C22H23F2N3O2/c23-14-2-6-20-18(10-14)19-11-15(24)3-7-21(19)27(20)13-17(28)12-25-8-1-9-26(22(25)29)16-4-5-16/h2-3,6-7,10-11,16-17,28H,1,4-5,8-9,12-13H2. The molecule has 2 aromatic carbocycles. The number of aromatic nitrogens is 1. The Hall–Kier alpha value is -2.67. The van der Waals surface area contributed by atoms with Gasteiger partial charge in [0.15, 0.2) is 0 Å². The number of aliphatic hydroxyl groups excluding tert-OH is 1. The molecule has 5 nitrogen and oxygen atoms in total. The largest absolute Gasteiger partial charge is 0.389 e. The number of amides is 2. The van der Waals surface area contributed by atoms with Crippen molar-refractivity contribution >= 4 is 27.8 Å². The number of urea groups is 1. The van der Waals surface area contributed by atoms with Crippen LogP contribution < -0.4 is 0 Å². The molecule has 1 N–H and O–H groups in total. The second-order valence-corrected chi connectivity index (χ2v) is 8.09. The van der Waals surface area contributed by atoms with Crippen molar-refractivity contribution in [2.75, 3.05) is 19.6 Å². The zero-order chi connectivity index (χ0) is 20.1. The quantitative estimate of drug-likeness (QED) is 0.711. The number of carbonyl (C=O) groups excluding carboxylic acids is 1. The molecule has 1 aliphatic carbocycles. The minimum Gasteiger partial charge on any atom is -0.389 e. The molecule has 2 fully saturated rings. The number of benzene rings is 2. The first-order chi connectivity index (χ1) is 14.0. The maximum absolute atomic E-state index is 13.8. The van der Waals surface area contributed by atoms with Gasteiger partial charge in [0.25, 0.3) is 0 Å². The van der Waals surface area contributed by atoms with E-state index in [0.29, 0.717) is 23.4 Å². The SMILES string of the molecule is O=C1N(CC(O)Cn2c3ccc(F)cc3c3cc(F)ccc32)CCCN1C1CC1. The Labute approximate surface area is 167 Å². The molecule has 0 radical (unpaired) electrons. The number of rotatable bonds is 5. The van der Waals surface area contributed by atoms with E-state index in [2.05, 4.69) is 0 Å². The lowest BCUT2D eigenvalue weighted by Gasteiger charge is -2.36. The molecule has 152 valence electrons. The number of β-amino-alcohol motifs (C(OH)–C–C–N with tert-alkyl or cyclic N) is 1. The molecule has 1 saturated carbocycles. The average molecular weight is 399 g/mol. The number of nitrogens with zero attached hydrogens (tertiary/aromatic N) is 3. The Morgan fingerprint density at radius 1 is 0.966 bits per heavy atom. The van der Waals surface area contributed by atoms with Crippen molar-refractivity contribution in [3.8, 4) is 0 Å². The van der Waals surface area contributed by atoms with Gasteiger partial charge in [0.05, 0.1) is 19.2 Å². The maximum Gasteiger partial charge on any atom is 0.320 e. The van der Waals surface area contributed by atoms with Gasteiger partial charge in [-0.15, -0.1) is 0 Å². The lowest BCUT2D eigenvalue weighted by Crippen LogP contribution is -2.52. The summed E-state index contributed by atoms with van der Waals surface area (Å²) in [6.45, 7) is 1.92. The van der Waals surface area contributed by atoms with E-state index >= 15 is 0 Å². The molecule has 0 bridgehead atoms. The summed E-state index contributed by atoms with van der Waals surface area (Å²) < 4.78 is 29.5. The molecule has 2 aliphatic rings. The van der Waals surface area contributed by atoms with Crippen LogP contribution >= 0.6 is 0 Å². The second kappa shape index (κ2) is 6.99. The van der Waals surface area contributed by atoms with Crippen LogP contribution in [0.3, 0.4) is 0 Å². The van der Waals surface area contributed by atoms with Crippen molar-refractivity contribution < 1.29 is 18.7 Å². The van der Waals surface area contributed by atoms with Crippen LogP contribution in [0.5, 0.6) is 0 Å². The minimum atomic E-state index is -0.785. The van der Waals surface area contributed by atoms with Crippen molar-refractivity contribution in [2.45, 2.75) is 38.0 Å². The summed E-state index contributed by atoms with van der Waals surface area (Å²) in [5.74, 6) is -0.777. The Kier molecular flexibility index (Phi) is 4.42. The zero-order valence-electron chi connectivity index (χ0n) is 16.0. The van der Waals surface area contributed by atoms with Gasteiger partial charge in [-0.1, -0.05) is 0 Å². The van der Waals surface area contributed by atoms with Crippen molar-refractivity contribution in [3.63, 3.8) is 0 Å². The van der Waals surface area contributed by atoms with E-state index in [0.717, 1.165) is 36.8 Å². The molecule has 1 atom stereocenters. The van der Waals surface area contributed by atoms with E-state index in [9.17, 15) is 18.7 Å². The molecule has 3 aromatic rings. The van der Waals surface area contributed by atoms with Gasteiger partial charge >= 0.3 is 6.03 Å². The van der Waals surface area contributed by atoms with Gasteiger partial charge in [-0.3, -0.25) is 0 Å². The molecule has 7 heteroatoms. The highest BCUT2D eigenvalue weighted by atomic mass is 19.1. The molecule has 1 unspecified atom stereocenters. The minimum absolute atomic E-state index is 0.00386. The van der Waals surface area contributed by atoms with Gasteiger partial charge in [0.1, 0.15) is 11.6 Å². The van der Waals surface area contributed by atoms with E-state index < -0.39 is 6.10 Å². The van der Waals surface area contributed by atoms with Crippen LogP contribution in [0.4, 0.5) is 13.6 Å². The number of halogens is 2. The van der Waals surface area contributed by atoms with Crippen LogP contribution in [-0.4, -0.2) is 57.3 Å². The predicted molar refractivity (Wildman–Crippen MR) is 107 cm³/mol. The van der Waals surface area contributed by atoms with E-state index in [-0.39, 0.29) is 30.8 Å². The molecule has 1 aliphatic heterocycles. The van der Waals surface area contributed by atoms with Crippen molar-refractivity contribution in [1.82, 2.24) is 14.4 Å². The fourth-order valence-corrected chi connectivity index (χ4v) is 4.47. The van der Waals surface area contributed by atoms with Crippen molar-refractivity contribution in [1.29, 1.82) is 0 Å². The van der Waals surface area contributed by atoms with Gasteiger partial charge in [0, 0.05) is 40.9 Å². The number of aliphatic hydroxyl groups is 1. The van der Waals surface area contributed by atoms with Gasteiger partial charge in [0.2, 0.25) is 0 Å². The van der Waals surface area contributed by atoms with Crippen LogP contribution in [-0.2, 0) is 6.54 Å². The van der Waals surface area contributed by atoms with Crippen molar-refractivity contribution in [2.24, 2.45) is 0 Å². The highest BCUT2D eigenvalue weighted by molar-refractivity contribution is 6.08. The van der Waals surface area contributed by atoms with E-state index in [4.69, 9.17) is 0 Å². The first-order valence-electron chi connectivity index (χ1n) is 10.1. The molecular weight excluding hydrogens is 376 g/mol. The number of hydrogen-bond donors (Lipinski definition) is 1. The van der Waals surface area contributed by atoms with Crippen LogP contribution in [0, 0.1) is 11.6 Å². The molecule has 5 rings (SSSR count). The third-order valence-corrected chi connectivity index (χ3v) is 5.94. The summed E-state index contributed by atoms with van der Waals surface area (Å²) in [6, 6.07) is 9.17. The summed E-state index contributed by atoms with van der Waals surface area (Å²) in [7, 11) is 0. The molecule has 1 aromatic heterocycles. The summed E-state index contributed by atoms with van der Waals surface area (Å²) in [4.78, 5) is 16.3. The van der Waals surface area contributed by atoms with E-state index in [1.165, 1.54) is 24.3 Å². The molecule has 1 saturated heterocycles. The van der Waals surface area contributed by atoms with Gasteiger partial charge in [-0.2, -0.15) is 0 Å². The lowest BCUT2D eigenvalue weighted by atomic mass is 10.1. The summed E-state index contributed by atoms with van der Waals surface area (Å²) in [5.41, 5.74) is 1.46. The molecule has 2 amide bonds. The van der Waals surface area contributed by atoms with Gasteiger partial charge < -0.3 is 19.5 Å². The number of hydrogen-bond acceptors (Lipinski definition) is 2. The maximum atomic E-state index is 13.8. The smallest absolute Gasteiger partial charge is 0.320 e. The number of carbonyl (C=O) groups is 1. The van der Waals surface area contributed by atoms with Crippen molar-refractivity contribution in [3.05, 3.63) is 48.0 Å². The van der Waals surface area contributed by atoms with Crippen LogP contribution in [0.15, 0.2) is 36.4 Å². The summed E-state index contributed by atoms with van der Waals surface area (Å²) in [5, 5.41) is 12.0. The predicted octanol–water partition coefficient (Wildman–Crippen LogP) is 3.72. The Morgan fingerprint density at radius 2 is 1.59 bits per heavy atom. The number of fused-ring (bicyclic) bond motifs is 3. The molecule has 0 spiro atoms. The fourth-order valence-electron chi connectivity index (χ4n) is 4.47. The molecular formula is C22H23F2N3O2. The van der Waals surface area contributed by atoms with Gasteiger partial charge in [-0.05, 0) is 55.7 Å². The topological polar surface area (TPSA) is 48.7 Å². The summed E-state index contributed by atoms with van der Waals surface area (Å²) in [6.07, 6.45) is 2.25. The third-order valence-electron chi connectivity index (χ3n) is 5.94. The average Bonchev–Trinajstić information content (AvgIpc) is 3.49. The monoisotopic (exact) mass is 399 g/mol. The third kappa shape index (κ3) is 3.33. The Bertz CT molecular complexity index is 1030. The van der Waals surface area contributed by atoms with Gasteiger partial charge in [-0.25, -0.2) is 13.6 Å². The first kappa shape index (κ1) is 18.4. The highest BCUT2D eigenvalue weighted by Crippen LogP contribution is 2.31. The Balaban J connectivity index is 1.42. The zero-order valence-corrected chi connectivity index (χ0v) is 16.0. The highest BCUT2D eigenvalue weighted by Gasteiger charge is 2.37. The van der Waals surface area contributed by atoms with Crippen LogP contribution in [0.1, 0.15) is 19.3 Å². The lowest BCUT2D eigenvalue weighted by molar-refractivity contribution is 0.0778. The normalized spacial score (nSPS) is 18.8. The molecule has 29 heavy (non-hydrogen) atoms. The van der Waals surface area contributed by atoms with E-state index in [1.54, 1.807) is 17.0 Å². The first-order valence-corrected chi connectivity index (χ1v) is 10.1. The van der Waals surface area contributed by atoms with Crippen LogP contribution in [0.2, 0.25) is 0 Å². The summed E-state index contributed by atoms with van der Waals surface area (Å²) >= 11 is 0. The second-order valence-electron chi connectivity index (χ2n) is 8.09. The van der Waals surface area contributed by atoms with Crippen LogP contribution in [0.25, 0.3) is 21.8 Å². The fraction of sp³-hybridized carbons (Fsp3) is 0.409. The molecule has 2 heterocycles. The Morgan fingerprint density at radius 3 is 2.17 bits per heavy atom. The van der Waals surface area contributed by atoms with E-state index in [1.807, 2.05) is 9.47 Å².